The standard InChI is InChI=1S/C14H19N5O2S/c1-10-9-12(18-17-10)14-13(15-5-6-16-14)11-3-7-19(8-4-11)22(2,20)21/h5-6,9,11H,3-4,7-8H2,1-2H3,(H,17,18). The first-order valence-electron chi connectivity index (χ1n) is 7.23. The Balaban J connectivity index is 1.85. The Bertz CT molecular complexity index is 763. The molecule has 22 heavy (non-hydrogen) atoms. The molecular weight excluding hydrogens is 302 g/mol. The fourth-order valence-corrected chi connectivity index (χ4v) is 3.72. The molecule has 1 fully saturated rings. The zero-order valence-corrected chi connectivity index (χ0v) is 13.5. The lowest BCUT2D eigenvalue weighted by Crippen LogP contribution is -2.37. The van der Waals surface area contributed by atoms with Crippen LogP contribution in [0.4, 0.5) is 0 Å². The lowest BCUT2D eigenvalue weighted by Gasteiger charge is -2.30. The lowest BCUT2D eigenvalue weighted by atomic mass is 9.92. The van der Waals surface area contributed by atoms with E-state index in [1.165, 1.54) is 10.6 Å². The number of sulfonamides is 1. The molecule has 8 heteroatoms. The fraction of sp³-hybridized carbons (Fsp3) is 0.500. The maximum absolute atomic E-state index is 11.6. The molecule has 1 aliphatic heterocycles. The summed E-state index contributed by atoms with van der Waals surface area (Å²) in [5.41, 5.74) is 3.44. The lowest BCUT2D eigenvalue weighted by molar-refractivity contribution is 0.318. The van der Waals surface area contributed by atoms with E-state index in [9.17, 15) is 8.42 Å². The number of nitrogens with zero attached hydrogens (tertiary/aromatic N) is 4. The Labute approximate surface area is 129 Å². The molecule has 3 heterocycles. The molecule has 3 rings (SSSR count). The first kappa shape index (κ1) is 15.1. The number of aromatic amines is 1. The largest absolute Gasteiger partial charge is 0.282 e. The van der Waals surface area contributed by atoms with Crippen LogP contribution in [0, 0.1) is 6.92 Å². The Morgan fingerprint density at radius 1 is 1.23 bits per heavy atom. The van der Waals surface area contributed by atoms with Crippen LogP contribution in [0.15, 0.2) is 18.5 Å². The first-order chi connectivity index (χ1) is 10.4. The summed E-state index contributed by atoms with van der Waals surface area (Å²) in [7, 11) is -3.11. The number of aryl methyl sites for hydroxylation is 1. The highest BCUT2D eigenvalue weighted by Gasteiger charge is 2.28. The minimum atomic E-state index is -3.11. The van der Waals surface area contributed by atoms with Crippen LogP contribution in [-0.2, 0) is 10.0 Å². The maximum atomic E-state index is 11.6. The van der Waals surface area contributed by atoms with Gasteiger partial charge in [-0.05, 0) is 25.8 Å². The predicted molar refractivity (Wildman–Crippen MR) is 82.7 cm³/mol. The van der Waals surface area contributed by atoms with Crippen molar-refractivity contribution in [2.75, 3.05) is 19.3 Å². The van der Waals surface area contributed by atoms with Crippen molar-refractivity contribution in [1.82, 2.24) is 24.5 Å². The monoisotopic (exact) mass is 321 g/mol. The Morgan fingerprint density at radius 3 is 2.50 bits per heavy atom. The number of piperidine rings is 1. The number of nitrogens with one attached hydrogen (secondary N) is 1. The third kappa shape index (κ3) is 3.02. The fourth-order valence-electron chi connectivity index (χ4n) is 2.85. The van der Waals surface area contributed by atoms with Crippen LogP contribution >= 0.6 is 0 Å². The average molecular weight is 321 g/mol. The molecule has 7 nitrogen and oxygen atoms in total. The van der Waals surface area contributed by atoms with E-state index in [-0.39, 0.29) is 5.92 Å². The van der Waals surface area contributed by atoms with Crippen LogP contribution in [-0.4, -0.2) is 52.2 Å². The molecule has 0 radical (unpaired) electrons. The van der Waals surface area contributed by atoms with Gasteiger partial charge in [-0.3, -0.25) is 15.1 Å². The van der Waals surface area contributed by atoms with Crippen molar-refractivity contribution < 1.29 is 8.42 Å². The maximum Gasteiger partial charge on any atom is 0.211 e. The molecule has 1 saturated heterocycles. The van der Waals surface area contributed by atoms with E-state index < -0.39 is 10.0 Å². The van der Waals surface area contributed by atoms with Crippen molar-refractivity contribution in [3.63, 3.8) is 0 Å². The third-order valence-corrected chi connectivity index (χ3v) is 5.29. The van der Waals surface area contributed by atoms with Crippen LogP contribution < -0.4 is 0 Å². The molecule has 1 aliphatic rings. The number of hydrogen-bond acceptors (Lipinski definition) is 5. The van der Waals surface area contributed by atoms with Gasteiger partial charge in [0, 0.05) is 37.1 Å². The van der Waals surface area contributed by atoms with E-state index in [4.69, 9.17) is 0 Å². The summed E-state index contributed by atoms with van der Waals surface area (Å²) in [4.78, 5) is 8.92. The van der Waals surface area contributed by atoms with E-state index in [2.05, 4.69) is 20.2 Å². The van der Waals surface area contributed by atoms with E-state index in [1.54, 1.807) is 12.4 Å². The number of hydrogen-bond donors (Lipinski definition) is 1. The van der Waals surface area contributed by atoms with Gasteiger partial charge in [0.2, 0.25) is 10.0 Å². The van der Waals surface area contributed by atoms with Gasteiger partial charge in [0.25, 0.3) is 0 Å². The smallest absolute Gasteiger partial charge is 0.211 e. The SMILES string of the molecule is Cc1cc(-c2nccnc2C2CCN(S(C)(=O)=O)CC2)n[nH]1. The molecule has 0 aromatic carbocycles. The third-order valence-electron chi connectivity index (χ3n) is 3.98. The minimum Gasteiger partial charge on any atom is -0.282 e. The van der Waals surface area contributed by atoms with Crippen molar-refractivity contribution >= 4 is 10.0 Å². The van der Waals surface area contributed by atoms with Crippen LogP contribution in [0.5, 0.6) is 0 Å². The predicted octanol–water partition coefficient (Wildman–Crippen LogP) is 1.31. The summed E-state index contributed by atoms with van der Waals surface area (Å²) in [5.74, 6) is 0.207. The number of aromatic nitrogens is 4. The molecule has 2 aromatic rings. The van der Waals surface area contributed by atoms with E-state index in [0.29, 0.717) is 13.1 Å². The molecule has 2 aromatic heterocycles. The van der Waals surface area contributed by atoms with Gasteiger partial charge < -0.3 is 0 Å². The van der Waals surface area contributed by atoms with Crippen molar-refractivity contribution in [1.29, 1.82) is 0 Å². The zero-order chi connectivity index (χ0) is 15.7. The van der Waals surface area contributed by atoms with E-state index >= 15 is 0 Å². The van der Waals surface area contributed by atoms with Gasteiger partial charge in [-0.2, -0.15) is 5.10 Å². The van der Waals surface area contributed by atoms with Gasteiger partial charge in [0.05, 0.1) is 11.9 Å². The highest BCUT2D eigenvalue weighted by Crippen LogP contribution is 2.32. The molecule has 1 N–H and O–H groups in total. The Morgan fingerprint density at radius 2 is 1.91 bits per heavy atom. The number of rotatable bonds is 3. The summed E-state index contributed by atoms with van der Waals surface area (Å²) in [6.07, 6.45) is 6.10. The summed E-state index contributed by atoms with van der Waals surface area (Å²) < 4.78 is 24.7. The summed E-state index contributed by atoms with van der Waals surface area (Å²) in [6.45, 7) is 3.00. The quantitative estimate of drug-likeness (QED) is 0.920. The highest BCUT2D eigenvalue weighted by atomic mass is 32.2. The van der Waals surface area contributed by atoms with Crippen molar-refractivity contribution in [2.45, 2.75) is 25.7 Å². The van der Waals surface area contributed by atoms with Crippen LogP contribution in [0.3, 0.4) is 0 Å². The van der Waals surface area contributed by atoms with Crippen LogP contribution in [0.2, 0.25) is 0 Å². The first-order valence-corrected chi connectivity index (χ1v) is 9.08. The molecule has 0 saturated carbocycles. The topological polar surface area (TPSA) is 91.8 Å². The highest BCUT2D eigenvalue weighted by molar-refractivity contribution is 7.88. The second kappa shape index (κ2) is 5.77. The second-order valence-corrected chi connectivity index (χ2v) is 7.65. The normalized spacial score (nSPS) is 17.7. The molecule has 0 aliphatic carbocycles. The second-order valence-electron chi connectivity index (χ2n) is 5.66. The molecule has 0 unspecified atom stereocenters. The summed E-state index contributed by atoms with van der Waals surface area (Å²) in [5, 5.41) is 7.18. The van der Waals surface area contributed by atoms with Gasteiger partial charge in [0.15, 0.2) is 0 Å². The Kier molecular flexibility index (Phi) is 3.96. The van der Waals surface area contributed by atoms with Crippen LogP contribution in [0.25, 0.3) is 11.4 Å². The zero-order valence-electron chi connectivity index (χ0n) is 12.7. The van der Waals surface area contributed by atoms with Gasteiger partial charge >= 0.3 is 0 Å². The van der Waals surface area contributed by atoms with Crippen molar-refractivity contribution in [3.05, 3.63) is 29.8 Å². The number of H-pyrrole nitrogens is 1. The van der Waals surface area contributed by atoms with Gasteiger partial charge in [-0.15, -0.1) is 0 Å². The summed E-state index contributed by atoms with van der Waals surface area (Å²) >= 11 is 0. The van der Waals surface area contributed by atoms with Gasteiger partial charge in [0.1, 0.15) is 11.4 Å². The van der Waals surface area contributed by atoms with E-state index in [1.807, 2.05) is 13.0 Å². The van der Waals surface area contributed by atoms with Crippen LogP contribution in [0.1, 0.15) is 30.1 Å². The molecule has 118 valence electrons. The molecule has 0 amide bonds. The van der Waals surface area contributed by atoms with Crippen molar-refractivity contribution in [3.8, 4) is 11.4 Å². The molecule has 0 atom stereocenters. The summed E-state index contributed by atoms with van der Waals surface area (Å²) in [6, 6.07) is 1.94. The van der Waals surface area contributed by atoms with E-state index in [0.717, 1.165) is 35.6 Å². The molecule has 0 spiro atoms. The molecule has 0 bridgehead atoms. The molecular formula is C14H19N5O2S. The Hall–Kier alpha value is -1.80. The minimum absolute atomic E-state index is 0.207. The average Bonchev–Trinajstić information content (AvgIpc) is 2.93. The van der Waals surface area contributed by atoms with Gasteiger partial charge in [-0.1, -0.05) is 0 Å². The van der Waals surface area contributed by atoms with Gasteiger partial charge in [-0.25, -0.2) is 12.7 Å². The van der Waals surface area contributed by atoms with Crippen molar-refractivity contribution in [2.24, 2.45) is 0 Å².